The van der Waals surface area contributed by atoms with E-state index in [1.807, 2.05) is 44.2 Å². The highest BCUT2D eigenvalue weighted by molar-refractivity contribution is 5.49. The van der Waals surface area contributed by atoms with E-state index in [9.17, 15) is 5.11 Å². The SMILES string of the molecule is CCOc1ncnc(NC(CO)c2ccccc2)c1C. The lowest BCUT2D eigenvalue weighted by molar-refractivity contribution is 0.276. The molecule has 2 N–H and O–H groups in total. The van der Waals surface area contributed by atoms with Crippen LogP contribution in [-0.4, -0.2) is 28.3 Å². The quantitative estimate of drug-likeness (QED) is 0.845. The van der Waals surface area contributed by atoms with Gasteiger partial charge in [0.15, 0.2) is 0 Å². The van der Waals surface area contributed by atoms with Gasteiger partial charge < -0.3 is 15.2 Å². The molecular formula is C15H19N3O2. The van der Waals surface area contributed by atoms with E-state index in [4.69, 9.17) is 4.74 Å². The summed E-state index contributed by atoms with van der Waals surface area (Å²) in [5, 5.41) is 12.8. The number of aromatic nitrogens is 2. The Hall–Kier alpha value is -2.14. The van der Waals surface area contributed by atoms with Gasteiger partial charge in [-0.25, -0.2) is 9.97 Å². The summed E-state index contributed by atoms with van der Waals surface area (Å²) in [4.78, 5) is 8.32. The second-order valence-corrected chi connectivity index (χ2v) is 4.38. The van der Waals surface area contributed by atoms with Crippen LogP contribution in [0.5, 0.6) is 5.88 Å². The minimum absolute atomic E-state index is 0.0164. The van der Waals surface area contributed by atoms with E-state index in [1.165, 1.54) is 6.33 Å². The van der Waals surface area contributed by atoms with Crippen molar-refractivity contribution in [3.05, 3.63) is 47.8 Å². The van der Waals surface area contributed by atoms with Crippen molar-refractivity contribution in [2.75, 3.05) is 18.5 Å². The lowest BCUT2D eigenvalue weighted by Gasteiger charge is -2.19. The first-order chi connectivity index (χ1) is 9.76. The van der Waals surface area contributed by atoms with Crippen LogP contribution >= 0.6 is 0 Å². The molecule has 0 aliphatic carbocycles. The molecule has 20 heavy (non-hydrogen) atoms. The van der Waals surface area contributed by atoms with Gasteiger partial charge >= 0.3 is 0 Å². The van der Waals surface area contributed by atoms with E-state index in [2.05, 4.69) is 15.3 Å². The highest BCUT2D eigenvalue weighted by Crippen LogP contribution is 2.24. The first-order valence-corrected chi connectivity index (χ1v) is 6.63. The molecule has 0 saturated heterocycles. The fraction of sp³-hybridized carbons (Fsp3) is 0.333. The number of rotatable bonds is 6. The summed E-state index contributed by atoms with van der Waals surface area (Å²) in [5.74, 6) is 1.24. The maximum absolute atomic E-state index is 9.57. The molecule has 1 aromatic carbocycles. The van der Waals surface area contributed by atoms with E-state index >= 15 is 0 Å². The molecule has 1 unspecified atom stereocenters. The Balaban J connectivity index is 2.22. The van der Waals surface area contributed by atoms with Crippen molar-refractivity contribution in [1.29, 1.82) is 0 Å². The van der Waals surface area contributed by atoms with Gasteiger partial charge in [-0.05, 0) is 19.4 Å². The molecule has 5 nitrogen and oxygen atoms in total. The van der Waals surface area contributed by atoms with Crippen molar-refractivity contribution in [3.63, 3.8) is 0 Å². The molecule has 0 saturated carbocycles. The molecule has 1 aromatic heterocycles. The van der Waals surface area contributed by atoms with Crippen molar-refractivity contribution in [2.24, 2.45) is 0 Å². The topological polar surface area (TPSA) is 67.3 Å². The number of aliphatic hydroxyl groups excluding tert-OH is 1. The van der Waals surface area contributed by atoms with Crippen LogP contribution in [0.25, 0.3) is 0 Å². The third-order valence-corrected chi connectivity index (χ3v) is 3.01. The van der Waals surface area contributed by atoms with Gasteiger partial charge in [-0.2, -0.15) is 0 Å². The van der Waals surface area contributed by atoms with E-state index in [0.29, 0.717) is 18.3 Å². The summed E-state index contributed by atoms with van der Waals surface area (Å²) in [7, 11) is 0. The number of hydrogen-bond donors (Lipinski definition) is 2. The molecule has 0 radical (unpaired) electrons. The van der Waals surface area contributed by atoms with Crippen LogP contribution in [0.3, 0.4) is 0 Å². The molecule has 0 spiro atoms. The van der Waals surface area contributed by atoms with Crippen molar-refractivity contribution < 1.29 is 9.84 Å². The zero-order chi connectivity index (χ0) is 14.4. The number of nitrogens with one attached hydrogen (secondary N) is 1. The summed E-state index contributed by atoms with van der Waals surface area (Å²) in [5.41, 5.74) is 1.84. The van der Waals surface area contributed by atoms with Crippen molar-refractivity contribution in [3.8, 4) is 5.88 Å². The number of hydrogen-bond acceptors (Lipinski definition) is 5. The minimum Gasteiger partial charge on any atom is -0.478 e. The van der Waals surface area contributed by atoms with Crippen molar-refractivity contribution in [1.82, 2.24) is 9.97 Å². The van der Waals surface area contributed by atoms with Gasteiger partial charge in [0, 0.05) is 0 Å². The predicted octanol–water partition coefficient (Wildman–Crippen LogP) is 2.33. The first kappa shape index (κ1) is 14.3. The Morgan fingerprint density at radius 2 is 2.00 bits per heavy atom. The van der Waals surface area contributed by atoms with Gasteiger partial charge in [-0.15, -0.1) is 0 Å². The molecule has 0 aliphatic rings. The molecule has 5 heteroatoms. The Bertz CT molecular complexity index is 546. The summed E-state index contributed by atoms with van der Waals surface area (Å²) < 4.78 is 5.44. The average Bonchev–Trinajstić information content (AvgIpc) is 2.49. The van der Waals surface area contributed by atoms with E-state index in [-0.39, 0.29) is 12.6 Å². The summed E-state index contributed by atoms with van der Waals surface area (Å²) in [6.45, 7) is 4.35. The van der Waals surface area contributed by atoms with Crippen molar-refractivity contribution >= 4 is 5.82 Å². The molecular weight excluding hydrogens is 254 g/mol. The second-order valence-electron chi connectivity index (χ2n) is 4.38. The molecule has 2 rings (SSSR count). The number of nitrogens with zero attached hydrogens (tertiary/aromatic N) is 2. The summed E-state index contributed by atoms with van der Waals surface area (Å²) >= 11 is 0. The van der Waals surface area contributed by atoms with Gasteiger partial charge in [0.25, 0.3) is 0 Å². The predicted molar refractivity (Wildman–Crippen MR) is 77.8 cm³/mol. The average molecular weight is 273 g/mol. The van der Waals surface area contributed by atoms with Crippen LogP contribution in [0.2, 0.25) is 0 Å². The molecule has 2 aromatic rings. The number of ether oxygens (including phenoxy) is 1. The number of anilines is 1. The third kappa shape index (κ3) is 3.24. The van der Waals surface area contributed by atoms with Crippen LogP contribution in [0.4, 0.5) is 5.82 Å². The largest absolute Gasteiger partial charge is 0.478 e. The zero-order valence-corrected chi connectivity index (χ0v) is 11.7. The highest BCUT2D eigenvalue weighted by atomic mass is 16.5. The normalized spacial score (nSPS) is 11.9. The van der Waals surface area contributed by atoms with Gasteiger partial charge in [0.05, 0.1) is 24.8 Å². The lowest BCUT2D eigenvalue weighted by Crippen LogP contribution is -2.16. The standard InChI is InChI=1S/C15H19N3O2/c1-3-20-15-11(2)14(16-10-17-15)18-13(9-19)12-7-5-4-6-8-12/h4-8,10,13,19H,3,9H2,1-2H3,(H,16,17,18). The highest BCUT2D eigenvalue weighted by Gasteiger charge is 2.14. The fourth-order valence-corrected chi connectivity index (χ4v) is 1.95. The van der Waals surface area contributed by atoms with Gasteiger partial charge in [-0.1, -0.05) is 30.3 Å². The minimum atomic E-state index is -0.209. The molecule has 1 atom stereocenters. The summed E-state index contributed by atoms with van der Waals surface area (Å²) in [6, 6.07) is 9.55. The van der Waals surface area contributed by atoms with Crippen molar-refractivity contribution in [2.45, 2.75) is 19.9 Å². The van der Waals surface area contributed by atoms with Crippen LogP contribution in [0.15, 0.2) is 36.7 Å². The zero-order valence-electron chi connectivity index (χ0n) is 11.7. The van der Waals surface area contributed by atoms with Crippen LogP contribution < -0.4 is 10.1 Å². The van der Waals surface area contributed by atoms with Crippen LogP contribution in [-0.2, 0) is 0 Å². The smallest absolute Gasteiger partial charge is 0.221 e. The lowest BCUT2D eigenvalue weighted by atomic mass is 10.1. The van der Waals surface area contributed by atoms with E-state index in [0.717, 1.165) is 11.1 Å². The Kier molecular flexibility index (Phi) is 4.90. The fourth-order valence-electron chi connectivity index (χ4n) is 1.95. The molecule has 1 heterocycles. The van der Waals surface area contributed by atoms with E-state index in [1.54, 1.807) is 0 Å². The van der Waals surface area contributed by atoms with Gasteiger partial charge in [0.2, 0.25) is 5.88 Å². The second kappa shape index (κ2) is 6.86. The van der Waals surface area contributed by atoms with Gasteiger partial charge in [0.1, 0.15) is 12.1 Å². The number of benzene rings is 1. The molecule has 0 aliphatic heterocycles. The number of aliphatic hydroxyl groups is 1. The Morgan fingerprint density at radius 1 is 1.25 bits per heavy atom. The molecule has 0 amide bonds. The summed E-state index contributed by atoms with van der Waals surface area (Å²) in [6.07, 6.45) is 1.46. The van der Waals surface area contributed by atoms with Crippen LogP contribution in [0, 0.1) is 6.92 Å². The van der Waals surface area contributed by atoms with E-state index < -0.39 is 0 Å². The Labute approximate surface area is 118 Å². The maximum atomic E-state index is 9.57. The van der Waals surface area contributed by atoms with Crippen LogP contribution in [0.1, 0.15) is 24.1 Å². The first-order valence-electron chi connectivity index (χ1n) is 6.63. The monoisotopic (exact) mass is 273 g/mol. The maximum Gasteiger partial charge on any atom is 0.221 e. The van der Waals surface area contributed by atoms with Gasteiger partial charge in [-0.3, -0.25) is 0 Å². The molecule has 0 fully saturated rings. The third-order valence-electron chi connectivity index (χ3n) is 3.01. The molecule has 106 valence electrons. The molecule has 0 bridgehead atoms. The Morgan fingerprint density at radius 3 is 2.65 bits per heavy atom.